The number of aliphatic hydroxyl groups is 1. The Morgan fingerprint density at radius 3 is 2.51 bits per heavy atom. The molecule has 190 valence electrons. The summed E-state index contributed by atoms with van der Waals surface area (Å²) in [5.41, 5.74) is 2.98. The topological polar surface area (TPSA) is 80.5 Å². The number of carbonyl (C=O) groups is 1. The Labute approximate surface area is 208 Å². The summed E-state index contributed by atoms with van der Waals surface area (Å²) in [5, 5.41) is 13.5. The number of aryl methyl sites for hydroxylation is 1. The van der Waals surface area contributed by atoms with Crippen molar-refractivity contribution in [2.75, 3.05) is 0 Å². The quantitative estimate of drug-likeness (QED) is 0.361. The molecule has 0 saturated heterocycles. The lowest BCUT2D eigenvalue weighted by atomic mass is 10.1. The van der Waals surface area contributed by atoms with Crippen molar-refractivity contribution in [3.63, 3.8) is 0 Å². The Morgan fingerprint density at radius 1 is 1.11 bits per heavy atom. The molecule has 5 rings (SSSR count). The van der Waals surface area contributed by atoms with E-state index < -0.39 is 29.4 Å². The number of hydrogen-bond acceptors (Lipinski definition) is 5. The molecule has 1 N–H and O–H groups in total. The summed E-state index contributed by atoms with van der Waals surface area (Å²) < 4.78 is 60.0. The van der Waals surface area contributed by atoms with Crippen LogP contribution in [0.15, 0.2) is 67.1 Å². The van der Waals surface area contributed by atoms with Crippen LogP contribution in [0.2, 0.25) is 0 Å². The number of hydrogen-bond donors (Lipinski definition) is 1. The zero-order valence-corrected chi connectivity index (χ0v) is 19.4. The number of aliphatic hydroxyl groups excluding tert-OH is 1. The molecule has 1 atom stereocenters. The van der Waals surface area contributed by atoms with Crippen molar-refractivity contribution < 1.29 is 32.2 Å². The lowest BCUT2D eigenvalue weighted by Gasteiger charge is -2.16. The van der Waals surface area contributed by atoms with Gasteiger partial charge in [0.05, 0.1) is 6.20 Å². The largest absolute Gasteiger partial charge is 0.435 e. The molecular formula is C26H20F4N4O3. The number of fused-ring (bicyclic) bond motifs is 1. The number of rotatable bonds is 6. The van der Waals surface area contributed by atoms with Gasteiger partial charge in [-0.15, -0.1) is 0 Å². The molecule has 3 heterocycles. The van der Waals surface area contributed by atoms with Gasteiger partial charge in [0.25, 0.3) is 5.91 Å². The van der Waals surface area contributed by atoms with Crippen LogP contribution in [0.5, 0.6) is 11.6 Å². The molecule has 11 heteroatoms. The van der Waals surface area contributed by atoms with E-state index in [0.29, 0.717) is 18.2 Å². The van der Waals surface area contributed by atoms with Gasteiger partial charge in [0.1, 0.15) is 5.56 Å². The lowest BCUT2D eigenvalue weighted by Crippen LogP contribution is -2.23. The fraction of sp³-hybridized carbons (Fsp3) is 0.192. The molecule has 0 fully saturated rings. The minimum Gasteiger partial charge on any atom is -0.435 e. The molecule has 0 aliphatic carbocycles. The van der Waals surface area contributed by atoms with Crippen LogP contribution in [0.3, 0.4) is 0 Å². The number of benzene rings is 2. The second-order valence-corrected chi connectivity index (χ2v) is 8.65. The van der Waals surface area contributed by atoms with E-state index in [9.17, 15) is 27.5 Å². The molecule has 0 bridgehead atoms. The van der Waals surface area contributed by atoms with E-state index >= 15 is 0 Å². The predicted octanol–water partition coefficient (Wildman–Crippen LogP) is 5.17. The van der Waals surface area contributed by atoms with Gasteiger partial charge in [-0.3, -0.25) is 9.48 Å². The maximum absolute atomic E-state index is 14.5. The van der Waals surface area contributed by atoms with Crippen molar-refractivity contribution >= 4 is 5.91 Å². The van der Waals surface area contributed by atoms with Crippen molar-refractivity contribution in [3.05, 3.63) is 95.2 Å². The van der Waals surface area contributed by atoms with Crippen LogP contribution in [-0.2, 0) is 20.1 Å². The maximum Gasteiger partial charge on any atom is 0.418 e. The highest BCUT2D eigenvalue weighted by atomic mass is 19.4. The van der Waals surface area contributed by atoms with Crippen LogP contribution < -0.4 is 4.74 Å². The van der Waals surface area contributed by atoms with Crippen LogP contribution in [-0.4, -0.2) is 36.9 Å². The molecule has 7 nitrogen and oxygen atoms in total. The lowest BCUT2D eigenvalue weighted by molar-refractivity contribution is -0.206. The highest BCUT2D eigenvalue weighted by molar-refractivity contribution is 6.00. The molecule has 1 aliphatic rings. The van der Waals surface area contributed by atoms with E-state index in [-0.39, 0.29) is 23.9 Å². The summed E-state index contributed by atoms with van der Waals surface area (Å²) in [6.45, 7) is 0.606. The molecule has 1 amide bonds. The molecule has 0 radical (unpaired) electrons. The predicted molar refractivity (Wildman–Crippen MR) is 124 cm³/mol. The molecular weight excluding hydrogens is 492 g/mol. The number of pyridine rings is 1. The number of aromatic nitrogens is 3. The number of nitrogens with zero attached hydrogens (tertiary/aromatic N) is 4. The summed E-state index contributed by atoms with van der Waals surface area (Å²) in [5.74, 6) is -2.06. The Hall–Kier alpha value is -4.25. The van der Waals surface area contributed by atoms with Gasteiger partial charge in [0, 0.05) is 38.1 Å². The average Bonchev–Trinajstić information content (AvgIpc) is 3.43. The van der Waals surface area contributed by atoms with Gasteiger partial charge in [-0.2, -0.15) is 18.3 Å². The zero-order chi connectivity index (χ0) is 26.3. The molecule has 1 unspecified atom stereocenters. The van der Waals surface area contributed by atoms with Gasteiger partial charge in [0.15, 0.2) is 17.7 Å². The Bertz CT molecular complexity index is 1470. The van der Waals surface area contributed by atoms with Gasteiger partial charge < -0.3 is 14.7 Å². The SMILES string of the molecule is Cn1cc(-c2ccc(CN3Cc4ccnc(Oc5ccc(C(O)C(F)(F)F)cc5F)c4C3=O)cc2)cn1. The van der Waals surface area contributed by atoms with E-state index in [4.69, 9.17) is 4.74 Å². The first-order valence-corrected chi connectivity index (χ1v) is 11.2. The third kappa shape index (κ3) is 4.90. The highest BCUT2D eigenvalue weighted by Gasteiger charge is 2.40. The monoisotopic (exact) mass is 512 g/mol. The normalized spacial score (nSPS) is 14.1. The Kier molecular flexibility index (Phi) is 6.16. The van der Waals surface area contributed by atoms with E-state index in [1.165, 1.54) is 6.20 Å². The highest BCUT2D eigenvalue weighted by Crippen LogP contribution is 2.37. The minimum absolute atomic E-state index is 0.153. The van der Waals surface area contributed by atoms with Gasteiger partial charge >= 0.3 is 6.18 Å². The molecule has 37 heavy (non-hydrogen) atoms. The molecule has 2 aromatic carbocycles. The number of carbonyl (C=O) groups excluding carboxylic acids is 1. The number of halogens is 4. The fourth-order valence-electron chi connectivity index (χ4n) is 4.14. The van der Waals surface area contributed by atoms with E-state index in [1.807, 2.05) is 37.5 Å². The van der Waals surface area contributed by atoms with Crippen molar-refractivity contribution in [2.45, 2.75) is 25.4 Å². The van der Waals surface area contributed by atoms with Crippen molar-refractivity contribution in [1.82, 2.24) is 19.7 Å². The fourth-order valence-corrected chi connectivity index (χ4v) is 4.14. The van der Waals surface area contributed by atoms with Crippen molar-refractivity contribution in [2.24, 2.45) is 7.05 Å². The van der Waals surface area contributed by atoms with Crippen LogP contribution in [0.25, 0.3) is 11.1 Å². The second kappa shape index (κ2) is 9.32. The van der Waals surface area contributed by atoms with Crippen molar-refractivity contribution in [3.8, 4) is 22.8 Å². The van der Waals surface area contributed by atoms with Gasteiger partial charge in [-0.1, -0.05) is 30.3 Å². The number of alkyl halides is 3. The summed E-state index contributed by atoms with van der Waals surface area (Å²) in [6.07, 6.45) is -2.69. The van der Waals surface area contributed by atoms with Crippen LogP contribution in [0.4, 0.5) is 17.6 Å². The van der Waals surface area contributed by atoms with E-state index in [1.54, 1.807) is 21.8 Å². The Balaban J connectivity index is 1.32. The summed E-state index contributed by atoms with van der Waals surface area (Å²) >= 11 is 0. The van der Waals surface area contributed by atoms with Crippen LogP contribution in [0.1, 0.15) is 33.2 Å². The standard InChI is InChI=1S/C26H20F4N4O3/c1-33-13-19(11-32-33)16-4-2-15(3-5-16)12-34-14-18-8-9-31-24(22(18)25(34)36)37-21-7-6-17(10-20(21)27)23(35)26(28,29)30/h2-11,13,23,35H,12,14H2,1H3. The first kappa shape index (κ1) is 24.4. The van der Waals surface area contributed by atoms with Gasteiger partial charge in [-0.25, -0.2) is 9.37 Å². The molecule has 1 aliphatic heterocycles. The molecule has 0 saturated carbocycles. The summed E-state index contributed by atoms with van der Waals surface area (Å²) in [4.78, 5) is 18.8. The molecule has 0 spiro atoms. The van der Waals surface area contributed by atoms with E-state index in [2.05, 4.69) is 10.1 Å². The van der Waals surface area contributed by atoms with Gasteiger partial charge in [-0.05, 0) is 40.5 Å². The third-order valence-corrected chi connectivity index (χ3v) is 6.02. The Morgan fingerprint density at radius 2 is 1.86 bits per heavy atom. The summed E-state index contributed by atoms with van der Waals surface area (Å²) in [6, 6.07) is 11.8. The van der Waals surface area contributed by atoms with Crippen molar-refractivity contribution in [1.29, 1.82) is 0 Å². The zero-order valence-electron chi connectivity index (χ0n) is 19.4. The second-order valence-electron chi connectivity index (χ2n) is 8.65. The van der Waals surface area contributed by atoms with E-state index in [0.717, 1.165) is 28.8 Å². The maximum atomic E-state index is 14.5. The molecule has 4 aromatic rings. The van der Waals surface area contributed by atoms with Crippen LogP contribution >= 0.6 is 0 Å². The smallest absolute Gasteiger partial charge is 0.418 e. The average molecular weight is 512 g/mol. The van der Waals surface area contributed by atoms with Crippen LogP contribution in [0, 0.1) is 5.82 Å². The first-order chi connectivity index (χ1) is 17.6. The third-order valence-electron chi connectivity index (χ3n) is 6.02. The number of ether oxygens (including phenoxy) is 1. The van der Waals surface area contributed by atoms with Gasteiger partial charge in [0.2, 0.25) is 5.88 Å². The summed E-state index contributed by atoms with van der Waals surface area (Å²) in [7, 11) is 1.84. The minimum atomic E-state index is -4.94. The molecule has 2 aromatic heterocycles. The first-order valence-electron chi connectivity index (χ1n) is 11.2. The number of amides is 1.